The van der Waals surface area contributed by atoms with Crippen molar-refractivity contribution in [3.8, 4) is 0 Å². The Bertz CT molecular complexity index is 3400. The van der Waals surface area contributed by atoms with Gasteiger partial charge in [-0.25, -0.2) is 9.69 Å². The molecule has 3 aliphatic rings. The van der Waals surface area contributed by atoms with Crippen LogP contribution in [0.1, 0.15) is 167 Å². The third kappa shape index (κ3) is 6.94. The predicted molar refractivity (Wildman–Crippen MR) is 266 cm³/mol. The third-order valence-corrected chi connectivity index (χ3v) is 14.5. The zero-order valence-electron chi connectivity index (χ0n) is 38.5. The standard InChI is InChI=1S/C59H48N2O8/c1-3-5-7-9-13-35(14-10-8-6-4-2)60-55(64)44-27-23-37-39-25-29-46-52-47(30-26-40(50(39)52)38-24-28-45(56(60)65)51(44)49(37)38)58(67)61(57(46)66)36-20-17-33(18-21-36)32-69-59(68)34-19-22-43-48(31-34)54(63)42-16-12-11-15-41(42)53(43)62/h11-12,15-31,35H,3-10,13-14,32H2,1-2H3. The Balaban J connectivity index is 0.866. The second-order valence-corrected chi connectivity index (χ2v) is 18.6. The number of anilines is 1. The summed E-state index contributed by atoms with van der Waals surface area (Å²) < 4.78 is 5.60. The van der Waals surface area contributed by atoms with Crippen LogP contribution in [0, 0.1) is 0 Å². The Labute approximate surface area is 398 Å². The number of amides is 4. The second-order valence-electron chi connectivity index (χ2n) is 18.6. The molecule has 1 aliphatic carbocycles. The number of nitrogens with zero attached hydrogens (tertiary/aromatic N) is 2. The molecule has 8 aromatic carbocycles. The van der Waals surface area contributed by atoms with Crippen LogP contribution in [0.5, 0.6) is 0 Å². The highest BCUT2D eigenvalue weighted by Crippen LogP contribution is 2.47. The van der Waals surface area contributed by atoms with Crippen molar-refractivity contribution < 1.29 is 38.3 Å². The van der Waals surface area contributed by atoms with Crippen LogP contribution in [0.4, 0.5) is 5.69 Å². The first-order valence-electron chi connectivity index (χ1n) is 24.2. The average Bonchev–Trinajstić information content (AvgIpc) is 3.37. The van der Waals surface area contributed by atoms with Gasteiger partial charge < -0.3 is 4.74 Å². The van der Waals surface area contributed by atoms with Crippen molar-refractivity contribution in [2.75, 3.05) is 4.90 Å². The minimum absolute atomic E-state index is 0.125. The molecule has 0 radical (unpaired) electrons. The molecule has 4 amide bonds. The predicted octanol–water partition coefficient (Wildman–Crippen LogP) is 12.6. The van der Waals surface area contributed by atoms with Crippen LogP contribution in [0.3, 0.4) is 0 Å². The first kappa shape index (κ1) is 43.7. The van der Waals surface area contributed by atoms with Crippen LogP contribution in [0.2, 0.25) is 0 Å². The summed E-state index contributed by atoms with van der Waals surface area (Å²) in [6, 6.07) is 32.3. The molecular formula is C59H48N2O8. The van der Waals surface area contributed by atoms with Gasteiger partial charge in [0, 0.05) is 61.3 Å². The number of esters is 1. The van der Waals surface area contributed by atoms with Crippen molar-refractivity contribution >= 4 is 89.9 Å². The number of benzene rings is 8. The minimum Gasteiger partial charge on any atom is -0.457 e. The number of imide groups is 2. The van der Waals surface area contributed by atoms with Gasteiger partial charge in [0.25, 0.3) is 23.6 Å². The zero-order valence-corrected chi connectivity index (χ0v) is 38.5. The van der Waals surface area contributed by atoms with Gasteiger partial charge in [-0.2, -0.15) is 0 Å². The van der Waals surface area contributed by atoms with Gasteiger partial charge in [-0.15, -0.1) is 0 Å². The van der Waals surface area contributed by atoms with Crippen molar-refractivity contribution in [3.63, 3.8) is 0 Å². The van der Waals surface area contributed by atoms with E-state index in [1.165, 1.54) is 18.2 Å². The molecule has 11 rings (SSSR count). The summed E-state index contributed by atoms with van der Waals surface area (Å²) in [5.41, 5.74) is 3.85. The van der Waals surface area contributed by atoms with E-state index < -0.39 is 17.8 Å². The molecule has 0 unspecified atom stereocenters. The summed E-state index contributed by atoms with van der Waals surface area (Å²) in [5.74, 6) is -2.76. The summed E-state index contributed by atoms with van der Waals surface area (Å²) in [6.45, 7) is 4.23. The largest absolute Gasteiger partial charge is 0.457 e. The topological polar surface area (TPSA) is 135 Å². The van der Waals surface area contributed by atoms with Gasteiger partial charge >= 0.3 is 5.97 Å². The summed E-state index contributed by atoms with van der Waals surface area (Å²) >= 11 is 0. The molecule has 0 spiro atoms. The van der Waals surface area contributed by atoms with Crippen molar-refractivity contribution in [2.45, 2.75) is 90.7 Å². The lowest BCUT2D eigenvalue weighted by atomic mass is 9.82. The number of fused-ring (bicyclic) bond motifs is 4. The molecule has 8 aromatic rings. The average molecular weight is 913 g/mol. The Morgan fingerprint density at radius 1 is 0.464 bits per heavy atom. The van der Waals surface area contributed by atoms with E-state index in [0.717, 1.165) is 101 Å². The van der Waals surface area contributed by atoms with Crippen molar-refractivity contribution in [1.82, 2.24) is 4.90 Å². The van der Waals surface area contributed by atoms with E-state index in [-0.39, 0.29) is 58.3 Å². The van der Waals surface area contributed by atoms with E-state index >= 15 is 0 Å². The lowest BCUT2D eigenvalue weighted by Crippen LogP contribution is -2.47. The molecule has 10 nitrogen and oxygen atoms in total. The van der Waals surface area contributed by atoms with Crippen LogP contribution in [0.25, 0.3) is 43.1 Å². The number of hydrogen-bond acceptors (Lipinski definition) is 8. The third-order valence-electron chi connectivity index (χ3n) is 14.5. The van der Waals surface area contributed by atoms with Gasteiger partial charge in [0.15, 0.2) is 11.6 Å². The maximum Gasteiger partial charge on any atom is 0.338 e. The molecule has 0 saturated heterocycles. The Morgan fingerprint density at radius 2 is 0.913 bits per heavy atom. The first-order chi connectivity index (χ1) is 33.6. The molecule has 2 aliphatic heterocycles. The number of rotatable bonds is 15. The molecule has 10 heteroatoms. The van der Waals surface area contributed by atoms with Gasteiger partial charge in [0.1, 0.15) is 6.61 Å². The number of unbranched alkanes of at least 4 members (excludes halogenated alkanes) is 6. The molecule has 0 N–H and O–H groups in total. The summed E-state index contributed by atoms with van der Waals surface area (Å²) in [5, 5.41) is 6.13. The molecule has 0 aromatic heterocycles. The summed E-state index contributed by atoms with van der Waals surface area (Å²) in [4.78, 5) is 100. The highest BCUT2D eigenvalue weighted by atomic mass is 16.5. The molecule has 0 saturated carbocycles. The zero-order chi connectivity index (χ0) is 47.7. The van der Waals surface area contributed by atoms with E-state index in [9.17, 15) is 33.6 Å². The maximum atomic E-state index is 14.6. The first-order valence-corrected chi connectivity index (χ1v) is 24.2. The second kappa shape index (κ2) is 17.3. The van der Waals surface area contributed by atoms with Gasteiger partial charge in [-0.05, 0) is 105 Å². The highest BCUT2D eigenvalue weighted by molar-refractivity contribution is 6.44. The molecule has 0 atom stereocenters. The smallest absolute Gasteiger partial charge is 0.338 e. The van der Waals surface area contributed by atoms with Crippen LogP contribution < -0.4 is 4.90 Å². The number of carbonyl (C=O) groups is 7. The summed E-state index contributed by atoms with van der Waals surface area (Å²) in [7, 11) is 0. The summed E-state index contributed by atoms with van der Waals surface area (Å²) in [6.07, 6.45) is 10.1. The highest BCUT2D eigenvalue weighted by Gasteiger charge is 2.40. The molecule has 342 valence electrons. The minimum atomic E-state index is -0.680. The van der Waals surface area contributed by atoms with Gasteiger partial charge in [-0.1, -0.05) is 126 Å². The fraction of sp³-hybridized carbons (Fsp3) is 0.237. The van der Waals surface area contributed by atoms with Crippen LogP contribution in [-0.4, -0.2) is 52.1 Å². The van der Waals surface area contributed by atoms with Crippen LogP contribution in [-0.2, 0) is 11.3 Å². The van der Waals surface area contributed by atoms with Crippen LogP contribution >= 0.6 is 0 Å². The van der Waals surface area contributed by atoms with Crippen molar-refractivity contribution in [2.24, 2.45) is 0 Å². The number of ether oxygens (including phenoxy) is 1. The molecule has 0 fully saturated rings. The van der Waals surface area contributed by atoms with E-state index in [4.69, 9.17) is 4.74 Å². The van der Waals surface area contributed by atoms with Gasteiger partial charge in [0.2, 0.25) is 0 Å². The Morgan fingerprint density at radius 3 is 1.41 bits per heavy atom. The SMILES string of the molecule is CCCCCCC(CCCCCC)N1C(=O)c2ccc3c4ccc5c6c(ccc(c7ccc(c2c37)C1=O)c64)C(=O)N(c1ccc(COC(=O)c2ccc3c(c2)C(=O)c2ccccc2C3=O)cc1)C5=O. The van der Waals surface area contributed by atoms with Crippen LogP contribution in [0.15, 0.2) is 115 Å². The lowest BCUT2D eigenvalue weighted by molar-refractivity contribution is 0.0469. The number of carbonyl (C=O) groups excluding carboxylic acids is 7. The van der Waals surface area contributed by atoms with E-state index in [0.29, 0.717) is 49.8 Å². The van der Waals surface area contributed by atoms with E-state index in [2.05, 4.69) is 13.8 Å². The number of hydrogen-bond donors (Lipinski definition) is 0. The lowest BCUT2D eigenvalue weighted by Gasteiger charge is -2.35. The Kier molecular flexibility index (Phi) is 11.0. The molecule has 0 bridgehead atoms. The van der Waals surface area contributed by atoms with Crippen molar-refractivity contribution in [1.29, 1.82) is 0 Å². The van der Waals surface area contributed by atoms with Gasteiger partial charge in [-0.3, -0.25) is 33.7 Å². The quantitative estimate of drug-likeness (QED) is 0.0326. The monoisotopic (exact) mass is 912 g/mol. The van der Waals surface area contributed by atoms with Gasteiger partial charge in [0.05, 0.1) is 11.3 Å². The fourth-order valence-corrected chi connectivity index (χ4v) is 11.1. The number of ketones is 2. The Hall–Kier alpha value is -7.85. The van der Waals surface area contributed by atoms with E-state index in [1.54, 1.807) is 65.6 Å². The normalized spacial score (nSPS) is 14.3. The van der Waals surface area contributed by atoms with E-state index in [1.807, 2.05) is 36.4 Å². The molecular weight excluding hydrogens is 865 g/mol. The molecule has 2 heterocycles. The molecule has 69 heavy (non-hydrogen) atoms. The van der Waals surface area contributed by atoms with Crippen molar-refractivity contribution in [3.05, 3.63) is 171 Å². The maximum absolute atomic E-state index is 14.6. The fourth-order valence-electron chi connectivity index (χ4n) is 11.1.